The fraction of sp³-hybridized carbons (Fsp3) is 0.429. The van der Waals surface area contributed by atoms with E-state index in [2.05, 4.69) is 27.9 Å². The van der Waals surface area contributed by atoms with Crippen LogP contribution in [-0.2, 0) is 11.8 Å². The summed E-state index contributed by atoms with van der Waals surface area (Å²) in [5.41, 5.74) is 0.933. The molecule has 2 amide bonds. The van der Waals surface area contributed by atoms with Gasteiger partial charge in [-0.2, -0.15) is 5.10 Å². The maximum atomic E-state index is 12.6. The van der Waals surface area contributed by atoms with Gasteiger partial charge in [0.05, 0.1) is 0 Å². The Kier molecular flexibility index (Phi) is 4.75. The Morgan fingerprint density at radius 1 is 1.18 bits per heavy atom. The minimum Gasteiger partial charge on any atom is -0.350 e. The summed E-state index contributed by atoms with van der Waals surface area (Å²) in [5, 5.41) is 10.3. The highest BCUT2D eigenvalue weighted by Gasteiger charge is 2.48. The number of amides is 2. The van der Waals surface area contributed by atoms with Crippen molar-refractivity contribution in [1.82, 2.24) is 20.4 Å². The summed E-state index contributed by atoms with van der Waals surface area (Å²) in [6, 6.07) is 13.0. The van der Waals surface area contributed by atoms with Crippen molar-refractivity contribution in [2.75, 3.05) is 0 Å². The molecule has 1 aromatic heterocycles. The quantitative estimate of drug-likeness (QED) is 0.844. The summed E-state index contributed by atoms with van der Waals surface area (Å²) in [7, 11) is 1.53. The molecule has 2 fully saturated rings. The molecule has 3 atom stereocenters. The van der Waals surface area contributed by atoms with Crippen LogP contribution in [0.3, 0.4) is 0 Å². The number of rotatable bonds is 3. The third-order valence-corrected chi connectivity index (χ3v) is 6.04. The van der Waals surface area contributed by atoms with Crippen LogP contribution in [-0.4, -0.2) is 33.2 Å². The van der Waals surface area contributed by atoms with Gasteiger partial charge in [0, 0.05) is 37.0 Å². The summed E-state index contributed by atoms with van der Waals surface area (Å²) >= 11 is 0. The maximum Gasteiger partial charge on any atom is 0.271 e. The molecule has 1 aliphatic carbocycles. The smallest absolute Gasteiger partial charge is 0.271 e. The van der Waals surface area contributed by atoms with Gasteiger partial charge in [0.25, 0.3) is 11.5 Å². The third-order valence-electron chi connectivity index (χ3n) is 6.04. The molecule has 28 heavy (non-hydrogen) atoms. The van der Waals surface area contributed by atoms with Gasteiger partial charge in [-0.15, -0.1) is 0 Å². The SMILES string of the molecule is Cn1nc(C(=O)N[C@H]2CC[C@]3(CCC(=O)N3)[C@@H](c3ccccc3)C2)ccc1=O. The average molecular weight is 380 g/mol. The molecule has 146 valence electrons. The van der Waals surface area contributed by atoms with Crippen molar-refractivity contribution >= 4 is 11.8 Å². The Morgan fingerprint density at radius 2 is 1.96 bits per heavy atom. The van der Waals surface area contributed by atoms with E-state index in [1.165, 1.54) is 24.7 Å². The molecule has 2 heterocycles. The Bertz CT molecular complexity index is 956. The van der Waals surface area contributed by atoms with Crippen LogP contribution in [0.2, 0.25) is 0 Å². The van der Waals surface area contributed by atoms with Crippen LogP contribution in [0.5, 0.6) is 0 Å². The molecular formula is C21H24N4O3. The van der Waals surface area contributed by atoms with Crippen LogP contribution in [0.4, 0.5) is 0 Å². The van der Waals surface area contributed by atoms with E-state index in [1.54, 1.807) is 0 Å². The van der Waals surface area contributed by atoms with Gasteiger partial charge >= 0.3 is 0 Å². The summed E-state index contributed by atoms with van der Waals surface area (Å²) in [6.07, 6.45) is 3.75. The number of hydrogen-bond acceptors (Lipinski definition) is 4. The monoisotopic (exact) mass is 380 g/mol. The average Bonchev–Trinajstić information content (AvgIpc) is 3.07. The van der Waals surface area contributed by atoms with E-state index in [4.69, 9.17) is 0 Å². The first kappa shape index (κ1) is 18.4. The normalized spacial score (nSPS) is 26.8. The van der Waals surface area contributed by atoms with Crippen molar-refractivity contribution in [3.05, 3.63) is 64.1 Å². The highest BCUT2D eigenvalue weighted by atomic mass is 16.2. The number of benzene rings is 1. The zero-order chi connectivity index (χ0) is 19.7. The second-order valence-electron chi connectivity index (χ2n) is 7.79. The van der Waals surface area contributed by atoms with Crippen molar-refractivity contribution in [2.45, 2.75) is 49.6 Å². The molecule has 1 saturated carbocycles. The third kappa shape index (κ3) is 3.44. The summed E-state index contributed by atoms with van der Waals surface area (Å²) in [4.78, 5) is 36.1. The number of nitrogens with zero attached hydrogens (tertiary/aromatic N) is 2. The second kappa shape index (κ2) is 7.22. The molecule has 0 bridgehead atoms. The van der Waals surface area contributed by atoms with Crippen molar-refractivity contribution in [3.8, 4) is 0 Å². The Morgan fingerprint density at radius 3 is 2.64 bits per heavy atom. The second-order valence-corrected chi connectivity index (χ2v) is 7.79. The van der Waals surface area contributed by atoms with Gasteiger partial charge in [-0.05, 0) is 37.3 Å². The zero-order valence-electron chi connectivity index (χ0n) is 15.9. The Labute approximate surface area is 163 Å². The summed E-state index contributed by atoms with van der Waals surface area (Å²) in [5.74, 6) is -0.0241. The highest BCUT2D eigenvalue weighted by Crippen LogP contribution is 2.45. The number of carbonyl (C=O) groups excluding carboxylic acids is 2. The predicted octanol–water partition coefficient (Wildman–Crippen LogP) is 1.50. The lowest BCUT2D eigenvalue weighted by Gasteiger charge is -2.44. The molecule has 2 aliphatic rings. The number of nitrogens with one attached hydrogen (secondary N) is 2. The molecule has 2 aromatic rings. The number of aryl methyl sites for hydroxylation is 1. The molecule has 7 heteroatoms. The zero-order valence-corrected chi connectivity index (χ0v) is 15.9. The topological polar surface area (TPSA) is 93.1 Å². The molecule has 1 aliphatic heterocycles. The minimum atomic E-state index is -0.279. The first-order valence-corrected chi connectivity index (χ1v) is 9.68. The Hall–Kier alpha value is -2.96. The molecule has 1 spiro atoms. The van der Waals surface area contributed by atoms with Crippen LogP contribution >= 0.6 is 0 Å². The lowest BCUT2D eigenvalue weighted by Crippen LogP contribution is -2.53. The van der Waals surface area contributed by atoms with Crippen molar-refractivity contribution < 1.29 is 9.59 Å². The molecule has 1 saturated heterocycles. The molecule has 0 radical (unpaired) electrons. The summed E-state index contributed by atoms with van der Waals surface area (Å²) < 4.78 is 1.16. The van der Waals surface area contributed by atoms with Gasteiger partial charge in [-0.3, -0.25) is 14.4 Å². The molecule has 2 N–H and O–H groups in total. The van der Waals surface area contributed by atoms with Crippen molar-refractivity contribution in [3.63, 3.8) is 0 Å². The van der Waals surface area contributed by atoms with Gasteiger partial charge in [-0.25, -0.2) is 4.68 Å². The lowest BCUT2D eigenvalue weighted by atomic mass is 9.67. The van der Waals surface area contributed by atoms with Crippen LogP contribution in [0, 0.1) is 0 Å². The first-order valence-electron chi connectivity index (χ1n) is 9.68. The van der Waals surface area contributed by atoms with E-state index in [9.17, 15) is 14.4 Å². The van der Waals surface area contributed by atoms with E-state index in [-0.39, 0.29) is 40.6 Å². The van der Waals surface area contributed by atoms with Crippen LogP contribution in [0.1, 0.15) is 54.1 Å². The maximum absolute atomic E-state index is 12.6. The molecule has 0 unspecified atom stereocenters. The van der Waals surface area contributed by atoms with Crippen LogP contribution in [0.25, 0.3) is 0 Å². The Balaban J connectivity index is 1.54. The molecular weight excluding hydrogens is 356 g/mol. The standard InChI is InChI=1S/C21H24N4O3/c1-25-19(27)8-7-17(24-25)20(28)22-15-9-11-21(12-10-18(26)23-21)16(13-15)14-5-3-2-4-6-14/h2-8,15-16H,9-13H2,1H3,(H,22,28)(H,23,26)/t15-,16+,21-/m0/s1. The fourth-order valence-corrected chi connectivity index (χ4v) is 4.58. The van der Waals surface area contributed by atoms with E-state index >= 15 is 0 Å². The van der Waals surface area contributed by atoms with Gasteiger partial charge < -0.3 is 10.6 Å². The van der Waals surface area contributed by atoms with E-state index in [0.29, 0.717) is 6.42 Å². The van der Waals surface area contributed by atoms with Crippen LogP contribution < -0.4 is 16.2 Å². The summed E-state index contributed by atoms with van der Waals surface area (Å²) in [6.45, 7) is 0. The lowest BCUT2D eigenvalue weighted by molar-refractivity contribution is -0.120. The molecule has 4 rings (SSSR count). The van der Waals surface area contributed by atoms with E-state index in [0.717, 1.165) is 30.4 Å². The van der Waals surface area contributed by atoms with E-state index < -0.39 is 0 Å². The number of carbonyl (C=O) groups is 2. The predicted molar refractivity (Wildman–Crippen MR) is 104 cm³/mol. The van der Waals surface area contributed by atoms with Gasteiger partial charge in [0.15, 0.2) is 0 Å². The first-order chi connectivity index (χ1) is 13.5. The van der Waals surface area contributed by atoms with Crippen LogP contribution in [0.15, 0.2) is 47.3 Å². The van der Waals surface area contributed by atoms with Crippen molar-refractivity contribution in [2.24, 2.45) is 7.05 Å². The number of hydrogen-bond donors (Lipinski definition) is 2. The largest absolute Gasteiger partial charge is 0.350 e. The molecule has 7 nitrogen and oxygen atoms in total. The van der Waals surface area contributed by atoms with Gasteiger partial charge in [0.1, 0.15) is 5.69 Å². The molecule has 1 aromatic carbocycles. The highest BCUT2D eigenvalue weighted by molar-refractivity contribution is 5.92. The van der Waals surface area contributed by atoms with Gasteiger partial charge in [-0.1, -0.05) is 30.3 Å². The van der Waals surface area contributed by atoms with E-state index in [1.807, 2.05) is 18.2 Å². The fourth-order valence-electron chi connectivity index (χ4n) is 4.58. The van der Waals surface area contributed by atoms with Crippen molar-refractivity contribution in [1.29, 1.82) is 0 Å². The number of aromatic nitrogens is 2. The minimum absolute atomic E-state index is 0.0140. The van der Waals surface area contributed by atoms with Gasteiger partial charge in [0.2, 0.25) is 5.91 Å².